The van der Waals surface area contributed by atoms with Gasteiger partial charge in [-0.2, -0.15) is 0 Å². The van der Waals surface area contributed by atoms with E-state index in [1.807, 2.05) is 0 Å². The van der Waals surface area contributed by atoms with Crippen LogP contribution in [0.4, 0.5) is 0 Å². The Morgan fingerprint density at radius 3 is 3.00 bits per heavy atom. The first-order valence-corrected chi connectivity index (χ1v) is 6.47. The average Bonchev–Trinajstić information content (AvgIpc) is 2.30. The van der Waals surface area contributed by atoms with E-state index >= 15 is 0 Å². The summed E-state index contributed by atoms with van der Waals surface area (Å²) in [6.07, 6.45) is 14.7. The van der Waals surface area contributed by atoms with Crippen molar-refractivity contribution in [2.75, 3.05) is 0 Å². The first-order chi connectivity index (χ1) is 7.36. The molecule has 1 saturated carbocycles. The molecule has 0 nitrogen and oxygen atoms in total. The molecule has 0 aliphatic heterocycles. The second-order valence-corrected chi connectivity index (χ2v) is 5.20. The van der Waals surface area contributed by atoms with E-state index < -0.39 is 0 Å². The maximum atomic E-state index is 2.59. The molecule has 1 fully saturated rings. The Labute approximate surface area is 92.8 Å². The Hall–Kier alpha value is -0.780. The van der Waals surface area contributed by atoms with Gasteiger partial charge < -0.3 is 0 Å². The lowest BCUT2D eigenvalue weighted by Gasteiger charge is -2.33. The molecule has 3 aliphatic carbocycles. The van der Waals surface area contributed by atoms with Crippen LogP contribution in [0.5, 0.6) is 0 Å². The maximum Gasteiger partial charge on any atom is -0.00113 e. The molecule has 0 amide bonds. The monoisotopic (exact) mass is 200 g/mol. The largest absolute Gasteiger partial charge is 0.0767 e. The van der Waals surface area contributed by atoms with Crippen LogP contribution in [0.15, 0.2) is 34.4 Å². The second-order valence-electron chi connectivity index (χ2n) is 5.20. The number of hydrogen-bond donors (Lipinski definition) is 0. The van der Waals surface area contributed by atoms with Gasteiger partial charge in [-0.25, -0.2) is 0 Å². The summed E-state index contributed by atoms with van der Waals surface area (Å²) in [6.45, 7) is 2.36. The minimum Gasteiger partial charge on any atom is -0.0767 e. The van der Waals surface area contributed by atoms with Gasteiger partial charge in [0.1, 0.15) is 0 Å². The van der Waals surface area contributed by atoms with Gasteiger partial charge in [-0.05, 0) is 68.1 Å². The fourth-order valence-electron chi connectivity index (χ4n) is 3.48. The van der Waals surface area contributed by atoms with Crippen LogP contribution in [-0.4, -0.2) is 0 Å². The summed E-state index contributed by atoms with van der Waals surface area (Å²) in [5.74, 6) is 0.809. The summed E-state index contributed by atoms with van der Waals surface area (Å²) in [5.41, 5.74) is 6.67. The van der Waals surface area contributed by atoms with Gasteiger partial charge in [0.05, 0.1) is 0 Å². The van der Waals surface area contributed by atoms with Gasteiger partial charge in [0, 0.05) is 0 Å². The van der Waals surface area contributed by atoms with Gasteiger partial charge in [0.15, 0.2) is 0 Å². The normalized spacial score (nSPS) is 30.3. The molecule has 15 heavy (non-hydrogen) atoms. The molecule has 80 valence electrons. The molecule has 0 spiro atoms. The lowest BCUT2D eigenvalue weighted by Crippen LogP contribution is -2.17. The molecule has 3 rings (SSSR count). The highest BCUT2D eigenvalue weighted by atomic mass is 14.3. The SMILES string of the molecule is CC1=C2CCCCC2C=C2CCCC=C21. The minimum absolute atomic E-state index is 0.809. The van der Waals surface area contributed by atoms with Crippen LogP contribution in [-0.2, 0) is 0 Å². The van der Waals surface area contributed by atoms with Gasteiger partial charge in [0.25, 0.3) is 0 Å². The number of fused-ring (bicyclic) bond motifs is 2. The lowest BCUT2D eigenvalue weighted by molar-refractivity contribution is 0.506. The maximum absolute atomic E-state index is 2.59. The Morgan fingerprint density at radius 1 is 1.13 bits per heavy atom. The molecule has 0 aromatic heterocycles. The fraction of sp³-hybridized carbons (Fsp3) is 0.600. The Bertz CT molecular complexity index is 365. The molecular weight excluding hydrogens is 180 g/mol. The summed E-state index contributed by atoms with van der Waals surface area (Å²) in [4.78, 5) is 0. The molecule has 0 saturated heterocycles. The second kappa shape index (κ2) is 3.66. The van der Waals surface area contributed by atoms with E-state index in [9.17, 15) is 0 Å². The summed E-state index contributed by atoms with van der Waals surface area (Å²) < 4.78 is 0. The Morgan fingerprint density at radius 2 is 2.07 bits per heavy atom. The molecule has 0 bridgehead atoms. The van der Waals surface area contributed by atoms with Crippen LogP contribution >= 0.6 is 0 Å². The van der Waals surface area contributed by atoms with Crippen molar-refractivity contribution in [3.05, 3.63) is 34.4 Å². The first kappa shape index (κ1) is 9.45. The predicted octanol–water partition coefficient (Wildman–Crippen LogP) is 4.54. The summed E-state index contributed by atoms with van der Waals surface area (Å²) >= 11 is 0. The average molecular weight is 200 g/mol. The Balaban J connectivity index is 2.04. The van der Waals surface area contributed by atoms with Crippen molar-refractivity contribution >= 4 is 0 Å². The highest BCUT2D eigenvalue weighted by Gasteiger charge is 2.26. The van der Waals surface area contributed by atoms with E-state index in [1.165, 1.54) is 44.9 Å². The van der Waals surface area contributed by atoms with E-state index in [-0.39, 0.29) is 0 Å². The van der Waals surface area contributed by atoms with Crippen LogP contribution in [0.2, 0.25) is 0 Å². The summed E-state index contributed by atoms with van der Waals surface area (Å²) in [7, 11) is 0. The fourth-order valence-corrected chi connectivity index (χ4v) is 3.48. The summed E-state index contributed by atoms with van der Waals surface area (Å²) in [6, 6.07) is 0. The quantitative estimate of drug-likeness (QED) is 0.538. The third-order valence-corrected chi connectivity index (χ3v) is 4.29. The van der Waals surface area contributed by atoms with Gasteiger partial charge in [0.2, 0.25) is 0 Å². The van der Waals surface area contributed by atoms with Crippen molar-refractivity contribution in [2.45, 2.75) is 51.9 Å². The third kappa shape index (κ3) is 1.51. The van der Waals surface area contributed by atoms with Crippen molar-refractivity contribution in [1.29, 1.82) is 0 Å². The third-order valence-electron chi connectivity index (χ3n) is 4.29. The molecule has 1 unspecified atom stereocenters. The van der Waals surface area contributed by atoms with E-state index in [0.29, 0.717) is 0 Å². The molecular formula is C15H20. The topological polar surface area (TPSA) is 0 Å². The van der Waals surface area contributed by atoms with E-state index in [2.05, 4.69) is 19.1 Å². The molecule has 0 N–H and O–H groups in total. The standard InChI is InChI=1S/C15H20/c1-11-14-8-4-2-6-12(14)10-13-7-3-5-9-15(11)13/h8,10,13H,2-7,9H2,1H3. The minimum atomic E-state index is 0.809. The van der Waals surface area contributed by atoms with Crippen LogP contribution < -0.4 is 0 Å². The van der Waals surface area contributed by atoms with E-state index in [4.69, 9.17) is 0 Å². The molecule has 0 heteroatoms. The van der Waals surface area contributed by atoms with Crippen molar-refractivity contribution in [3.63, 3.8) is 0 Å². The van der Waals surface area contributed by atoms with Crippen LogP contribution in [0.3, 0.4) is 0 Å². The molecule has 0 heterocycles. The smallest absolute Gasteiger partial charge is 0.00113 e. The number of rotatable bonds is 0. The van der Waals surface area contributed by atoms with Crippen molar-refractivity contribution in [2.24, 2.45) is 5.92 Å². The van der Waals surface area contributed by atoms with Gasteiger partial charge >= 0.3 is 0 Å². The van der Waals surface area contributed by atoms with Crippen LogP contribution in [0.1, 0.15) is 51.9 Å². The van der Waals surface area contributed by atoms with Crippen molar-refractivity contribution in [1.82, 2.24) is 0 Å². The molecule has 3 aliphatic rings. The molecule has 1 atom stereocenters. The predicted molar refractivity (Wildman–Crippen MR) is 64.7 cm³/mol. The zero-order valence-electron chi connectivity index (χ0n) is 9.68. The van der Waals surface area contributed by atoms with E-state index in [0.717, 1.165) is 5.92 Å². The highest BCUT2D eigenvalue weighted by Crippen LogP contribution is 2.43. The highest BCUT2D eigenvalue weighted by molar-refractivity contribution is 5.54. The van der Waals surface area contributed by atoms with Gasteiger partial charge in [-0.3, -0.25) is 0 Å². The zero-order chi connectivity index (χ0) is 10.3. The molecule has 0 radical (unpaired) electrons. The number of hydrogen-bond acceptors (Lipinski definition) is 0. The van der Waals surface area contributed by atoms with Crippen LogP contribution in [0, 0.1) is 5.92 Å². The molecule has 0 aromatic rings. The zero-order valence-corrected chi connectivity index (χ0v) is 9.68. The number of allylic oxidation sites excluding steroid dienone is 6. The van der Waals surface area contributed by atoms with Gasteiger partial charge in [-0.15, -0.1) is 0 Å². The van der Waals surface area contributed by atoms with Crippen LogP contribution in [0.25, 0.3) is 0 Å². The van der Waals surface area contributed by atoms with Gasteiger partial charge in [-0.1, -0.05) is 24.1 Å². The lowest BCUT2D eigenvalue weighted by atomic mass is 9.72. The van der Waals surface area contributed by atoms with E-state index in [1.54, 1.807) is 22.3 Å². The molecule has 0 aromatic carbocycles. The van der Waals surface area contributed by atoms with Crippen molar-refractivity contribution in [3.8, 4) is 0 Å². The first-order valence-electron chi connectivity index (χ1n) is 6.47. The van der Waals surface area contributed by atoms with Crippen molar-refractivity contribution < 1.29 is 0 Å². The Kier molecular flexibility index (Phi) is 2.31. The summed E-state index contributed by atoms with van der Waals surface area (Å²) in [5, 5.41) is 0.